The highest BCUT2D eigenvalue weighted by Gasteiger charge is 2.14. The van der Waals surface area contributed by atoms with Crippen LogP contribution < -0.4 is 10.6 Å². The van der Waals surface area contributed by atoms with Crippen molar-refractivity contribution in [3.05, 3.63) is 59.2 Å². The van der Waals surface area contributed by atoms with Crippen LogP contribution in [0.4, 0.5) is 11.4 Å². The largest absolute Gasteiger partial charge is 0.374 e. The summed E-state index contributed by atoms with van der Waals surface area (Å²) >= 11 is 0. The van der Waals surface area contributed by atoms with Gasteiger partial charge in [0, 0.05) is 16.9 Å². The Hall–Kier alpha value is -2.62. The minimum absolute atomic E-state index is 0.00718. The third kappa shape index (κ3) is 4.42. The van der Waals surface area contributed by atoms with Gasteiger partial charge in [-0.2, -0.15) is 0 Å². The molecule has 0 aliphatic rings. The van der Waals surface area contributed by atoms with Gasteiger partial charge in [-0.05, 0) is 63.6 Å². The number of Topliss-reactive ketones (excluding diaryl/α,β-unsaturated/α-hetero) is 1. The van der Waals surface area contributed by atoms with Crippen LogP contribution in [0.1, 0.15) is 35.3 Å². The molecule has 2 aromatic rings. The van der Waals surface area contributed by atoms with Gasteiger partial charge in [0.05, 0.1) is 0 Å². The maximum atomic E-state index is 12.3. The first-order valence-electron chi connectivity index (χ1n) is 7.62. The van der Waals surface area contributed by atoms with Crippen LogP contribution in [0, 0.1) is 13.8 Å². The van der Waals surface area contributed by atoms with E-state index in [1.54, 1.807) is 24.3 Å². The predicted molar refractivity (Wildman–Crippen MR) is 94.1 cm³/mol. The highest BCUT2D eigenvalue weighted by atomic mass is 16.2. The molecular formula is C19H22N2O2. The Morgan fingerprint density at radius 2 is 1.65 bits per heavy atom. The summed E-state index contributed by atoms with van der Waals surface area (Å²) < 4.78 is 0. The van der Waals surface area contributed by atoms with Gasteiger partial charge in [-0.15, -0.1) is 0 Å². The highest BCUT2D eigenvalue weighted by molar-refractivity contribution is 5.98. The number of rotatable bonds is 5. The molecule has 0 bridgehead atoms. The third-order valence-electron chi connectivity index (χ3n) is 3.71. The lowest BCUT2D eigenvalue weighted by Gasteiger charge is -2.17. The summed E-state index contributed by atoms with van der Waals surface area (Å²) in [4.78, 5) is 23.5. The fraction of sp³-hybridized carbons (Fsp3) is 0.263. The van der Waals surface area contributed by atoms with Gasteiger partial charge in [-0.25, -0.2) is 0 Å². The second kappa shape index (κ2) is 7.09. The van der Waals surface area contributed by atoms with E-state index in [4.69, 9.17) is 0 Å². The van der Waals surface area contributed by atoms with Crippen molar-refractivity contribution in [1.82, 2.24) is 0 Å². The average molecular weight is 310 g/mol. The van der Waals surface area contributed by atoms with Gasteiger partial charge in [0.15, 0.2) is 5.78 Å². The summed E-state index contributed by atoms with van der Waals surface area (Å²) in [7, 11) is 0. The average Bonchev–Trinajstić information content (AvgIpc) is 2.50. The second-order valence-corrected chi connectivity index (χ2v) is 5.81. The quantitative estimate of drug-likeness (QED) is 0.822. The van der Waals surface area contributed by atoms with Crippen LogP contribution in [0.5, 0.6) is 0 Å². The maximum absolute atomic E-state index is 12.3. The molecule has 1 atom stereocenters. The number of benzene rings is 2. The summed E-state index contributed by atoms with van der Waals surface area (Å²) in [6.45, 7) is 7.39. The molecule has 2 aromatic carbocycles. The molecule has 0 radical (unpaired) electrons. The first kappa shape index (κ1) is 16.7. The molecule has 2 N–H and O–H groups in total. The summed E-state index contributed by atoms with van der Waals surface area (Å²) in [6, 6.07) is 12.6. The van der Waals surface area contributed by atoms with Crippen molar-refractivity contribution in [2.45, 2.75) is 33.7 Å². The smallest absolute Gasteiger partial charge is 0.246 e. The number of hydrogen-bond acceptors (Lipinski definition) is 3. The molecule has 0 unspecified atom stereocenters. The van der Waals surface area contributed by atoms with Crippen LogP contribution in [0.2, 0.25) is 0 Å². The number of ketones is 1. The van der Waals surface area contributed by atoms with Gasteiger partial charge in [0.2, 0.25) is 5.91 Å². The fourth-order valence-corrected chi connectivity index (χ4v) is 2.31. The van der Waals surface area contributed by atoms with Crippen molar-refractivity contribution in [1.29, 1.82) is 0 Å². The van der Waals surface area contributed by atoms with E-state index in [2.05, 4.69) is 16.7 Å². The summed E-state index contributed by atoms with van der Waals surface area (Å²) in [5, 5.41) is 6.07. The summed E-state index contributed by atoms with van der Waals surface area (Å²) in [5.74, 6) is -0.117. The normalized spacial score (nSPS) is 11.7. The third-order valence-corrected chi connectivity index (χ3v) is 3.71. The van der Waals surface area contributed by atoms with Crippen LogP contribution in [0.3, 0.4) is 0 Å². The molecule has 0 heterocycles. The first-order chi connectivity index (χ1) is 10.9. The van der Waals surface area contributed by atoms with Gasteiger partial charge in [-0.1, -0.05) is 17.7 Å². The minimum atomic E-state index is -0.371. The zero-order valence-electron chi connectivity index (χ0n) is 13.9. The van der Waals surface area contributed by atoms with Crippen LogP contribution >= 0.6 is 0 Å². The van der Waals surface area contributed by atoms with E-state index in [0.717, 1.165) is 11.3 Å². The number of aryl methyl sites for hydroxylation is 2. The van der Waals surface area contributed by atoms with E-state index < -0.39 is 0 Å². The zero-order valence-corrected chi connectivity index (χ0v) is 13.9. The standard InChI is InChI=1S/C19H22N2O2/c1-12-5-10-18(13(2)11-12)20-14(3)19(23)21-17-8-6-16(7-9-17)15(4)22/h5-11,14,20H,1-4H3,(H,21,23)/t14-/m1/s1. The van der Waals surface area contributed by atoms with Crippen molar-refractivity contribution in [2.24, 2.45) is 0 Å². The molecule has 4 nitrogen and oxygen atoms in total. The molecule has 0 aliphatic carbocycles. The number of nitrogens with one attached hydrogen (secondary N) is 2. The monoisotopic (exact) mass is 310 g/mol. The van der Waals surface area contributed by atoms with Gasteiger partial charge >= 0.3 is 0 Å². The molecule has 1 amide bonds. The lowest BCUT2D eigenvalue weighted by molar-refractivity contribution is -0.116. The number of carbonyl (C=O) groups excluding carboxylic acids is 2. The maximum Gasteiger partial charge on any atom is 0.246 e. The molecular weight excluding hydrogens is 288 g/mol. The van der Waals surface area contributed by atoms with E-state index in [1.165, 1.54) is 12.5 Å². The van der Waals surface area contributed by atoms with E-state index >= 15 is 0 Å². The number of carbonyl (C=O) groups is 2. The van der Waals surface area contributed by atoms with Crippen LogP contribution in [0.15, 0.2) is 42.5 Å². The summed E-state index contributed by atoms with van der Waals surface area (Å²) in [6.07, 6.45) is 0. The molecule has 23 heavy (non-hydrogen) atoms. The topological polar surface area (TPSA) is 58.2 Å². The number of hydrogen-bond donors (Lipinski definition) is 2. The summed E-state index contributed by atoms with van der Waals surface area (Å²) in [5.41, 5.74) is 4.55. The molecule has 2 rings (SSSR count). The SMILES string of the molecule is CC(=O)c1ccc(NC(=O)[C@@H](C)Nc2ccc(C)cc2C)cc1. The Morgan fingerprint density at radius 1 is 1.00 bits per heavy atom. The Balaban J connectivity index is 2.00. The number of anilines is 2. The van der Waals surface area contributed by atoms with E-state index in [-0.39, 0.29) is 17.7 Å². The van der Waals surface area contributed by atoms with Crippen molar-refractivity contribution in [3.8, 4) is 0 Å². The molecule has 0 aliphatic heterocycles. The molecule has 0 aromatic heterocycles. The van der Waals surface area contributed by atoms with E-state index in [1.807, 2.05) is 32.9 Å². The Morgan fingerprint density at radius 3 is 2.22 bits per heavy atom. The molecule has 120 valence electrons. The van der Waals surface area contributed by atoms with Crippen LogP contribution in [-0.4, -0.2) is 17.7 Å². The van der Waals surface area contributed by atoms with E-state index in [0.29, 0.717) is 11.3 Å². The Kier molecular flexibility index (Phi) is 5.16. The second-order valence-electron chi connectivity index (χ2n) is 5.81. The van der Waals surface area contributed by atoms with Crippen LogP contribution in [0.25, 0.3) is 0 Å². The predicted octanol–water partition coefficient (Wildman–Crippen LogP) is 3.95. The molecule has 0 spiro atoms. The lowest BCUT2D eigenvalue weighted by Crippen LogP contribution is -2.32. The van der Waals surface area contributed by atoms with Crippen molar-refractivity contribution in [3.63, 3.8) is 0 Å². The van der Waals surface area contributed by atoms with Crippen molar-refractivity contribution < 1.29 is 9.59 Å². The fourth-order valence-electron chi connectivity index (χ4n) is 2.31. The highest BCUT2D eigenvalue weighted by Crippen LogP contribution is 2.17. The molecule has 0 saturated heterocycles. The minimum Gasteiger partial charge on any atom is -0.374 e. The Bertz CT molecular complexity index is 721. The van der Waals surface area contributed by atoms with Crippen molar-refractivity contribution >= 4 is 23.1 Å². The van der Waals surface area contributed by atoms with Crippen molar-refractivity contribution in [2.75, 3.05) is 10.6 Å². The zero-order chi connectivity index (χ0) is 17.0. The first-order valence-corrected chi connectivity index (χ1v) is 7.62. The van der Waals surface area contributed by atoms with Gasteiger partial charge in [0.1, 0.15) is 6.04 Å². The lowest BCUT2D eigenvalue weighted by atomic mass is 10.1. The molecule has 0 saturated carbocycles. The Labute approximate surface area is 136 Å². The van der Waals surface area contributed by atoms with Gasteiger partial charge in [-0.3, -0.25) is 9.59 Å². The molecule has 0 fully saturated rings. The number of amides is 1. The van der Waals surface area contributed by atoms with Gasteiger partial charge in [0.25, 0.3) is 0 Å². The van der Waals surface area contributed by atoms with E-state index in [9.17, 15) is 9.59 Å². The van der Waals surface area contributed by atoms with Crippen LogP contribution in [-0.2, 0) is 4.79 Å². The van der Waals surface area contributed by atoms with Gasteiger partial charge < -0.3 is 10.6 Å². The molecule has 4 heteroatoms.